The Kier molecular flexibility index (Phi) is 5.03. The summed E-state index contributed by atoms with van der Waals surface area (Å²) in [5, 5.41) is 0. The Morgan fingerprint density at radius 2 is 1.41 bits per heavy atom. The number of aryl methyl sites for hydroxylation is 1. The number of amidine groups is 1. The SMILES string of the molecule is Cc1ccc(N2C(=O)C3(CCCCC3)C(N3CCCC3)C2=NC23CC4CC(CC(C4)C2)C3)cc1. The van der Waals surface area contributed by atoms with Crippen molar-refractivity contribution in [3.63, 3.8) is 0 Å². The number of aliphatic imine (C=N–C) groups is 1. The van der Waals surface area contributed by atoms with E-state index in [2.05, 4.69) is 41.0 Å². The van der Waals surface area contributed by atoms with Gasteiger partial charge in [-0.1, -0.05) is 37.0 Å². The van der Waals surface area contributed by atoms with E-state index in [1.165, 1.54) is 76.2 Å². The summed E-state index contributed by atoms with van der Waals surface area (Å²) < 4.78 is 0. The highest BCUT2D eigenvalue weighted by atomic mass is 16.2. The lowest BCUT2D eigenvalue weighted by Gasteiger charge is -2.55. The summed E-state index contributed by atoms with van der Waals surface area (Å²) in [4.78, 5) is 25.2. The van der Waals surface area contributed by atoms with E-state index < -0.39 is 0 Å². The highest BCUT2D eigenvalue weighted by molar-refractivity contribution is 6.27. The van der Waals surface area contributed by atoms with E-state index in [0.29, 0.717) is 5.91 Å². The molecule has 7 fully saturated rings. The number of amides is 1. The molecule has 4 bridgehead atoms. The number of nitrogens with zero attached hydrogens (tertiary/aromatic N) is 3. The number of carbonyl (C=O) groups is 1. The van der Waals surface area contributed by atoms with Crippen molar-refractivity contribution < 1.29 is 4.79 Å². The zero-order valence-electron chi connectivity index (χ0n) is 21.0. The van der Waals surface area contributed by atoms with E-state index >= 15 is 0 Å². The van der Waals surface area contributed by atoms with Crippen LogP contribution in [-0.2, 0) is 4.79 Å². The van der Waals surface area contributed by atoms with Gasteiger partial charge in [0.2, 0.25) is 5.91 Å². The number of benzene rings is 1. The molecule has 182 valence electrons. The molecule has 7 aliphatic rings. The molecule has 1 unspecified atom stereocenters. The van der Waals surface area contributed by atoms with Crippen LogP contribution >= 0.6 is 0 Å². The van der Waals surface area contributed by atoms with E-state index in [-0.39, 0.29) is 17.0 Å². The standard InChI is InChI=1S/C30H41N3O/c1-21-7-9-25(10-8-21)33-27(31-29-18-22-15-23(19-29)17-24(16-22)20-29)26(32-13-5-6-14-32)30(28(33)34)11-3-2-4-12-30/h7-10,22-24,26H,2-6,11-20H2,1H3. The molecule has 0 N–H and O–H groups in total. The van der Waals surface area contributed by atoms with Gasteiger partial charge in [-0.2, -0.15) is 0 Å². The largest absolute Gasteiger partial charge is 0.293 e. The molecule has 2 saturated heterocycles. The second-order valence-electron chi connectivity index (χ2n) is 13.0. The molecule has 1 aromatic carbocycles. The number of hydrogen-bond donors (Lipinski definition) is 0. The fraction of sp³-hybridized carbons (Fsp3) is 0.733. The first-order valence-corrected chi connectivity index (χ1v) is 14.3. The summed E-state index contributed by atoms with van der Waals surface area (Å²) in [6, 6.07) is 8.86. The molecule has 1 amide bonds. The summed E-state index contributed by atoms with van der Waals surface area (Å²) in [5.74, 6) is 4.11. The Balaban J connectivity index is 1.38. The van der Waals surface area contributed by atoms with E-state index in [1.807, 2.05) is 0 Å². The second-order valence-corrected chi connectivity index (χ2v) is 13.0. The Morgan fingerprint density at radius 1 is 0.824 bits per heavy atom. The van der Waals surface area contributed by atoms with Crippen molar-refractivity contribution in [2.24, 2.45) is 28.2 Å². The van der Waals surface area contributed by atoms with Crippen LogP contribution in [0.5, 0.6) is 0 Å². The van der Waals surface area contributed by atoms with Gasteiger partial charge < -0.3 is 0 Å². The highest BCUT2D eigenvalue weighted by Gasteiger charge is 2.61. The average molecular weight is 460 g/mol. The molecule has 4 nitrogen and oxygen atoms in total. The normalized spacial score (nSPS) is 40.2. The number of carbonyl (C=O) groups excluding carboxylic acids is 1. The Labute approximate surface area is 205 Å². The van der Waals surface area contributed by atoms with Crippen molar-refractivity contribution in [1.82, 2.24) is 4.90 Å². The molecule has 2 heterocycles. The molecule has 0 radical (unpaired) electrons. The first-order valence-electron chi connectivity index (χ1n) is 14.3. The van der Waals surface area contributed by atoms with Crippen LogP contribution in [0.1, 0.15) is 89.0 Å². The Morgan fingerprint density at radius 3 is 2.00 bits per heavy atom. The van der Waals surface area contributed by atoms with Gasteiger partial charge in [-0.15, -0.1) is 0 Å². The molecule has 0 aromatic heterocycles. The third kappa shape index (κ3) is 3.27. The molecule has 4 heteroatoms. The Hall–Kier alpha value is -1.68. The van der Waals surface area contributed by atoms with Crippen molar-refractivity contribution in [2.75, 3.05) is 18.0 Å². The zero-order valence-corrected chi connectivity index (χ0v) is 21.0. The van der Waals surface area contributed by atoms with Crippen LogP contribution in [-0.4, -0.2) is 41.3 Å². The predicted molar refractivity (Wildman–Crippen MR) is 137 cm³/mol. The maximum Gasteiger partial charge on any atom is 0.240 e. The van der Waals surface area contributed by atoms with Gasteiger partial charge in [-0.3, -0.25) is 19.6 Å². The molecule has 1 aromatic rings. The van der Waals surface area contributed by atoms with Crippen LogP contribution in [0.4, 0.5) is 5.69 Å². The Bertz CT molecular complexity index is 948. The van der Waals surface area contributed by atoms with Crippen LogP contribution < -0.4 is 4.90 Å². The summed E-state index contributed by atoms with van der Waals surface area (Å²) in [6.07, 6.45) is 16.3. The van der Waals surface area contributed by atoms with E-state index in [9.17, 15) is 4.79 Å². The number of anilines is 1. The van der Waals surface area contributed by atoms with Crippen LogP contribution in [0.15, 0.2) is 29.3 Å². The fourth-order valence-corrected chi connectivity index (χ4v) is 9.49. The van der Waals surface area contributed by atoms with Gasteiger partial charge >= 0.3 is 0 Å². The summed E-state index contributed by atoms with van der Waals surface area (Å²) in [6.45, 7) is 4.39. The lowest BCUT2D eigenvalue weighted by atomic mass is 9.53. The van der Waals surface area contributed by atoms with Crippen LogP contribution in [0.2, 0.25) is 0 Å². The maximum absolute atomic E-state index is 14.5. The van der Waals surface area contributed by atoms with Gasteiger partial charge in [0, 0.05) is 0 Å². The quantitative estimate of drug-likeness (QED) is 0.546. The summed E-state index contributed by atoms with van der Waals surface area (Å²) in [5.41, 5.74) is 2.12. The van der Waals surface area contributed by atoms with Gasteiger partial charge in [-0.05, 0) is 114 Å². The smallest absolute Gasteiger partial charge is 0.240 e. The van der Waals surface area contributed by atoms with Gasteiger partial charge in [-0.25, -0.2) is 0 Å². The molecule has 5 saturated carbocycles. The van der Waals surface area contributed by atoms with Crippen molar-refractivity contribution in [3.05, 3.63) is 29.8 Å². The van der Waals surface area contributed by atoms with Gasteiger partial charge in [0.15, 0.2) is 0 Å². The summed E-state index contributed by atoms with van der Waals surface area (Å²) in [7, 11) is 0. The molecular formula is C30H41N3O. The minimum absolute atomic E-state index is 0.0888. The lowest BCUT2D eigenvalue weighted by Crippen LogP contribution is -2.53. The molecule has 2 aliphatic heterocycles. The topological polar surface area (TPSA) is 35.9 Å². The third-order valence-corrected chi connectivity index (χ3v) is 10.5. The summed E-state index contributed by atoms with van der Waals surface area (Å²) >= 11 is 0. The molecule has 1 atom stereocenters. The zero-order chi connectivity index (χ0) is 22.9. The van der Waals surface area contributed by atoms with E-state index in [4.69, 9.17) is 4.99 Å². The van der Waals surface area contributed by atoms with Gasteiger partial charge in [0.05, 0.1) is 22.7 Å². The van der Waals surface area contributed by atoms with Crippen LogP contribution in [0.3, 0.4) is 0 Å². The van der Waals surface area contributed by atoms with Crippen LogP contribution in [0.25, 0.3) is 0 Å². The third-order valence-electron chi connectivity index (χ3n) is 10.5. The number of hydrogen-bond acceptors (Lipinski definition) is 3. The minimum Gasteiger partial charge on any atom is -0.293 e. The molecule has 8 rings (SSSR count). The second kappa shape index (κ2) is 7.91. The number of rotatable bonds is 3. The van der Waals surface area contributed by atoms with Gasteiger partial charge in [0.25, 0.3) is 0 Å². The maximum atomic E-state index is 14.5. The monoisotopic (exact) mass is 459 g/mol. The van der Waals surface area contributed by atoms with Gasteiger partial charge in [0.1, 0.15) is 5.84 Å². The van der Waals surface area contributed by atoms with E-state index in [1.54, 1.807) is 0 Å². The minimum atomic E-state index is -0.269. The molecular weight excluding hydrogens is 418 g/mol. The molecule has 34 heavy (non-hydrogen) atoms. The number of likely N-dealkylation sites (tertiary alicyclic amines) is 1. The molecule has 1 spiro atoms. The van der Waals surface area contributed by atoms with E-state index in [0.717, 1.165) is 55.2 Å². The van der Waals surface area contributed by atoms with Crippen LogP contribution in [0, 0.1) is 30.1 Å². The first kappa shape index (κ1) is 21.6. The molecule has 5 aliphatic carbocycles. The van der Waals surface area contributed by atoms with Crippen molar-refractivity contribution in [1.29, 1.82) is 0 Å². The predicted octanol–water partition coefficient (Wildman–Crippen LogP) is 6.12. The van der Waals surface area contributed by atoms with Crippen molar-refractivity contribution >= 4 is 17.4 Å². The average Bonchev–Trinajstić information content (AvgIpc) is 3.40. The fourth-order valence-electron chi connectivity index (χ4n) is 9.49. The van der Waals surface area contributed by atoms with Crippen molar-refractivity contribution in [2.45, 2.75) is 102 Å². The highest BCUT2D eigenvalue weighted by Crippen LogP contribution is 2.58. The first-order chi connectivity index (χ1) is 16.6. The lowest BCUT2D eigenvalue weighted by molar-refractivity contribution is -0.129. The van der Waals surface area contributed by atoms with Crippen molar-refractivity contribution in [3.8, 4) is 0 Å².